The Morgan fingerprint density at radius 2 is 1.82 bits per heavy atom. The van der Waals surface area contributed by atoms with E-state index in [1.807, 2.05) is 24.3 Å². The summed E-state index contributed by atoms with van der Waals surface area (Å²) < 4.78 is 5.31. The van der Waals surface area contributed by atoms with Gasteiger partial charge in [-0.3, -0.25) is 9.69 Å². The lowest BCUT2D eigenvalue weighted by atomic mass is 9.81. The van der Waals surface area contributed by atoms with Crippen molar-refractivity contribution < 1.29 is 9.53 Å². The molecule has 2 aliphatic rings. The zero-order valence-electron chi connectivity index (χ0n) is 16.5. The lowest BCUT2D eigenvalue weighted by molar-refractivity contribution is -0.130. The maximum absolute atomic E-state index is 12.3. The number of carbonyl (C=O) groups is 1. The molecule has 0 radical (unpaired) electrons. The number of benzene rings is 2. The molecule has 0 bridgehead atoms. The van der Waals surface area contributed by atoms with E-state index in [1.165, 1.54) is 11.1 Å². The average Bonchev–Trinajstić information content (AvgIpc) is 3.09. The molecule has 0 saturated carbocycles. The minimum absolute atomic E-state index is 0.192. The smallest absolute Gasteiger partial charge is 0.219 e. The van der Waals surface area contributed by atoms with Crippen LogP contribution in [0.15, 0.2) is 48.5 Å². The van der Waals surface area contributed by atoms with Gasteiger partial charge in [-0.05, 0) is 41.8 Å². The molecule has 5 heteroatoms. The van der Waals surface area contributed by atoms with Gasteiger partial charge in [0.05, 0.1) is 7.11 Å². The van der Waals surface area contributed by atoms with Gasteiger partial charge in [-0.25, -0.2) is 0 Å². The summed E-state index contributed by atoms with van der Waals surface area (Å²) in [6, 6.07) is 16.8. The van der Waals surface area contributed by atoms with E-state index in [9.17, 15) is 4.79 Å². The van der Waals surface area contributed by atoms with Crippen molar-refractivity contribution in [3.05, 3.63) is 64.7 Å². The second-order valence-corrected chi connectivity index (χ2v) is 8.37. The molecular weight excluding hydrogens is 372 g/mol. The molecular formula is C23H27ClN2O2. The fourth-order valence-corrected chi connectivity index (χ4v) is 4.99. The Hall–Kier alpha value is -2.04. The molecule has 3 atom stereocenters. The van der Waals surface area contributed by atoms with E-state index in [0.717, 1.165) is 43.4 Å². The number of ether oxygens (including phenoxy) is 1. The van der Waals surface area contributed by atoms with E-state index >= 15 is 0 Å². The Morgan fingerprint density at radius 1 is 1.11 bits per heavy atom. The van der Waals surface area contributed by atoms with E-state index in [1.54, 1.807) is 14.0 Å². The summed E-state index contributed by atoms with van der Waals surface area (Å²) in [6.45, 7) is 5.46. The van der Waals surface area contributed by atoms with Crippen molar-refractivity contribution in [2.24, 2.45) is 5.92 Å². The third-order valence-electron chi connectivity index (χ3n) is 6.28. The Balaban J connectivity index is 1.53. The third-order valence-corrected chi connectivity index (χ3v) is 6.53. The number of likely N-dealkylation sites (tertiary alicyclic amines) is 2. The van der Waals surface area contributed by atoms with Gasteiger partial charge in [0.1, 0.15) is 5.75 Å². The van der Waals surface area contributed by atoms with Crippen LogP contribution in [0.1, 0.15) is 30.4 Å². The summed E-state index contributed by atoms with van der Waals surface area (Å²) in [5.41, 5.74) is 2.58. The topological polar surface area (TPSA) is 32.8 Å². The maximum atomic E-state index is 12.3. The van der Waals surface area contributed by atoms with Crippen LogP contribution in [0.4, 0.5) is 0 Å². The first-order valence-corrected chi connectivity index (χ1v) is 10.3. The molecule has 0 spiro atoms. The number of rotatable bonds is 4. The van der Waals surface area contributed by atoms with Crippen molar-refractivity contribution in [2.45, 2.75) is 31.8 Å². The Morgan fingerprint density at radius 3 is 2.46 bits per heavy atom. The summed E-state index contributed by atoms with van der Waals surface area (Å²) in [7, 11) is 1.69. The van der Waals surface area contributed by atoms with Crippen LogP contribution in [-0.4, -0.2) is 48.5 Å². The van der Waals surface area contributed by atoms with Gasteiger partial charge in [0.2, 0.25) is 5.91 Å². The van der Waals surface area contributed by atoms with Crippen LogP contribution in [0, 0.1) is 5.92 Å². The largest absolute Gasteiger partial charge is 0.497 e. The number of nitrogens with zero attached hydrogens (tertiary/aromatic N) is 2. The molecule has 148 valence electrons. The zero-order valence-corrected chi connectivity index (χ0v) is 17.2. The highest BCUT2D eigenvalue weighted by Gasteiger charge is 2.46. The predicted molar refractivity (Wildman–Crippen MR) is 112 cm³/mol. The number of piperidine rings is 1. The van der Waals surface area contributed by atoms with E-state index in [-0.39, 0.29) is 5.91 Å². The lowest BCUT2D eigenvalue weighted by Crippen LogP contribution is -2.47. The summed E-state index contributed by atoms with van der Waals surface area (Å²) >= 11 is 6.02. The Labute approximate surface area is 172 Å². The van der Waals surface area contributed by atoms with Crippen LogP contribution in [0.5, 0.6) is 5.75 Å². The standard InChI is InChI=1S/C23H27ClN2O2/c1-16(27)26-15-21(18-5-9-20(28-2)10-6-18)22-14-25(12-11-23(22)26)13-17-3-7-19(24)8-4-17/h3-10,21-23H,11-15H2,1-2H3/t21-,22-,23-/m1/s1. The van der Waals surface area contributed by atoms with Gasteiger partial charge in [-0.15, -0.1) is 0 Å². The number of halogens is 1. The van der Waals surface area contributed by atoms with Gasteiger partial charge in [0.25, 0.3) is 0 Å². The zero-order chi connectivity index (χ0) is 19.7. The van der Waals surface area contributed by atoms with Gasteiger partial charge in [-0.1, -0.05) is 35.9 Å². The van der Waals surface area contributed by atoms with Gasteiger partial charge >= 0.3 is 0 Å². The van der Waals surface area contributed by atoms with Crippen molar-refractivity contribution in [1.29, 1.82) is 0 Å². The van der Waals surface area contributed by atoms with Crippen molar-refractivity contribution >= 4 is 17.5 Å². The van der Waals surface area contributed by atoms with Crippen LogP contribution < -0.4 is 4.74 Å². The second-order valence-electron chi connectivity index (χ2n) is 7.93. The quantitative estimate of drug-likeness (QED) is 0.774. The highest BCUT2D eigenvalue weighted by molar-refractivity contribution is 6.30. The van der Waals surface area contributed by atoms with Crippen molar-refractivity contribution in [2.75, 3.05) is 26.7 Å². The number of methoxy groups -OCH3 is 1. The van der Waals surface area contributed by atoms with Crippen LogP contribution in [0.25, 0.3) is 0 Å². The molecule has 2 aromatic carbocycles. The van der Waals surface area contributed by atoms with Crippen molar-refractivity contribution in [3.8, 4) is 5.75 Å². The highest BCUT2D eigenvalue weighted by atomic mass is 35.5. The molecule has 2 fully saturated rings. The average molecular weight is 399 g/mol. The van der Waals surface area contributed by atoms with E-state index in [2.05, 4.69) is 34.1 Å². The highest BCUT2D eigenvalue weighted by Crippen LogP contribution is 2.42. The summed E-state index contributed by atoms with van der Waals surface area (Å²) in [6.07, 6.45) is 1.03. The molecule has 2 aromatic rings. The molecule has 0 unspecified atom stereocenters. The van der Waals surface area contributed by atoms with Crippen LogP contribution in [-0.2, 0) is 11.3 Å². The monoisotopic (exact) mass is 398 g/mol. The molecule has 2 aliphatic heterocycles. The van der Waals surface area contributed by atoms with Crippen LogP contribution in [0.3, 0.4) is 0 Å². The molecule has 2 saturated heterocycles. The molecule has 4 rings (SSSR count). The first kappa shape index (κ1) is 19.3. The normalized spacial score (nSPS) is 24.8. The number of hydrogen-bond acceptors (Lipinski definition) is 3. The van der Waals surface area contributed by atoms with E-state index in [4.69, 9.17) is 16.3 Å². The minimum Gasteiger partial charge on any atom is -0.497 e. The molecule has 0 aliphatic carbocycles. The molecule has 0 aromatic heterocycles. The van der Waals surface area contributed by atoms with E-state index in [0.29, 0.717) is 17.9 Å². The fourth-order valence-electron chi connectivity index (χ4n) is 4.86. The predicted octanol–water partition coefficient (Wildman–Crippen LogP) is 4.19. The summed E-state index contributed by atoms with van der Waals surface area (Å²) in [5, 5.41) is 0.773. The molecule has 4 nitrogen and oxygen atoms in total. The summed E-state index contributed by atoms with van der Waals surface area (Å²) in [4.78, 5) is 16.9. The fraction of sp³-hybridized carbons (Fsp3) is 0.435. The molecule has 28 heavy (non-hydrogen) atoms. The van der Waals surface area contributed by atoms with Gasteiger partial charge in [0, 0.05) is 56.0 Å². The number of amides is 1. The molecule has 0 N–H and O–H groups in total. The SMILES string of the molecule is COc1ccc([C@H]2CN(C(C)=O)[C@@H]3CCN(Cc4ccc(Cl)cc4)C[C@H]23)cc1. The van der Waals surface area contributed by atoms with E-state index < -0.39 is 0 Å². The number of fused-ring (bicyclic) bond motifs is 1. The second kappa shape index (κ2) is 8.14. The van der Waals surface area contributed by atoms with Crippen LogP contribution >= 0.6 is 11.6 Å². The minimum atomic E-state index is 0.192. The third kappa shape index (κ3) is 3.89. The van der Waals surface area contributed by atoms with Gasteiger partial charge < -0.3 is 9.64 Å². The number of carbonyl (C=O) groups excluding carboxylic acids is 1. The maximum Gasteiger partial charge on any atom is 0.219 e. The van der Waals surface area contributed by atoms with Gasteiger partial charge in [0.15, 0.2) is 0 Å². The van der Waals surface area contributed by atoms with Crippen molar-refractivity contribution in [3.63, 3.8) is 0 Å². The molecule has 1 amide bonds. The Kier molecular flexibility index (Phi) is 5.61. The lowest BCUT2D eigenvalue weighted by Gasteiger charge is -2.38. The van der Waals surface area contributed by atoms with Crippen molar-refractivity contribution in [1.82, 2.24) is 9.80 Å². The number of hydrogen-bond donors (Lipinski definition) is 0. The van der Waals surface area contributed by atoms with Gasteiger partial charge in [-0.2, -0.15) is 0 Å². The first-order valence-electron chi connectivity index (χ1n) is 9.93. The Bertz CT molecular complexity index is 822. The first-order chi connectivity index (χ1) is 13.5. The summed E-state index contributed by atoms with van der Waals surface area (Å²) in [5.74, 6) is 1.89. The van der Waals surface area contributed by atoms with Crippen LogP contribution in [0.2, 0.25) is 5.02 Å². The molecule has 2 heterocycles.